The van der Waals surface area contributed by atoms with Gasteiger partial charge in [-0.2, -0.15) is 0 Å². The average molecular weight is 395 g/mol. The van der Waals surface area contributed by atoms with Gasteiger partial charge in [0.05, 0.1) is 17.5 Å². The predicted octanol–water partition coefficient (Wildman–Crippen LogP) is 3.37. The third-order valence-electron chi connectivity index (χ3n) is 6.08. The molecule has 1 aliphatic heterocycles. The van der Waals surface area contributed by atoms with Crippen molar-refractivity contribution in [3.63, 3.8) is 0 Å². The highest BCUT2D eigenvalue weighted by molar-refractivity contribution is 5.99. The molecule has 2 aliphatic rings. The molecule has 2 aromatic rings. The Morgan fingerprint density at radius 2 is 1.69 bits per heavy atom. The Hall–Kier alpha value is -2.89. The Morgan fingerprint density at radius 3 is 2.41 bits per heavy atom. The quantitative estimate of drug-likeness (QED) is 0.864. The highest BCUT2D eigenvalue weighted by Gasteiger charge is 2.49. The lowest BCUT2D eigenvalue weighted by molar-refractivity contribution is -0.134. The number of nitrogens with zero attached hydrogens (tertiary/aromatic N) is 2. The van der Waals surface area contributed by atoms with Crippen LogP contribution >= 0.6 is 0 Å². The van der Waals surface area contributed by atoms with Gasteiger partial charge >= 0.3 is 0 Å². The first-order chi connectivity index (χ1) is 14.0. The van der Waals surface area contributed by atoms with E-state index in [0.717, 1.165) is 13.1 Å². The second-order valence-electron chi connectivity index (χ2n) is 7.95. The molecule has 29 heavy (non-hydrogen) atoms. The lowest BCUT2D eigenvalue weighted by Crippen LogP contribution is -2.49. The van der Waals surface area contributed by atoms with E-state index in [2.05, 4.69) is 42.3 Å². The SMILES string of the molecule is Cc1cccc(N2CCN(C(=O)C3CC3C(=O)Nc3ccccc3F)CC2)c1C. The largest absolute Gasteiger partial charge is 0.368 e. The van der Waals surface area contributed by atoms with E-state index < -0.39 is 5.82 Å². The van der Waals surface area contributed by atoms with Gasteiger partial charge in [0, 0.05) is 31.9 Å². The fraction of sp³-hybridized carbons (Fsp3) is 0.391. The lowest BCUT2D eigenvalue weighted by Gasteiger charge is -2.37. The van der Waals surface area contributed by atoms with Crippen LogP contribution in [0.4, 0.5) is 15.8 Å². The summed E-state index contributed by atoms with van der Waals surface area (Å²) in [7, 11) is 0. The number of halogens is 1. The summed E-state index contributed by atoms with van der Waals surface area (Å²) in [4.78, 5) is 29.4. The smallest absolute Gasteiger partial charge is 0.228 e. The molecule has 152 valence electrons. The second kappa shape index (κ2) is 7.85. The molecule has 6 heteroatoms. The fourth-order valence-electron chi connectivity index (χ4n) is 4.03. The van der Waals surface area contributed by atoms with Crippen LogP contribution in [0.1, 0.15) is 17.5 Å². The van der Waals surface area contributed by atoms with Gasteiger partial charge in [-0.05, 0) is 49.6 Å². The molecule has 1 aliphatic carbocycles. The Morgan fingerprint density at radius 1 is 0.966 bits per heavy atom. The van der Waals surface area contributed by atoms with Gasteiger partial charge in [-0.3, -0.25) is 9.59 Å². The maximum absolute atomic E-state index is 13.7. The average Bonchev–Trinajstić information content (AvgIpc) is 3.52. The zero-order valence-corrected chi connectivity index (χ0v) is 16.8. The van der Waals surface area contributed by atoms with E-state index in [1.807, 2.05) is 4.90 Å². The third-order valence-corrected chi connectivity index (χ3v) is 6.08. The number of carbonyl (C=O) groups is 2. The molecule has 1 N–H and O–H groups in total. The molecule has 0 spiro atoms. The van der Waals surface area contributed by atoms with Crippen LogP contribution in [0, 0.1) is 31.5 Å². The van der Waals surface area contributed by atoms with Crippen molar-refractivity contribution < 1.29 is 14.0 Å². The Kier molecular flexibility index (Phi) is 5.26. The van der Waals surface area contributed by atoms with Gasteiger partial charge < -0.3 is 15.1 Å². The van der Waals surface area contributed by atoms with Gasteiger partial charge in [-0.1, -0.05) is 24.3 Å². The molecule has 4 rings (SSSR count). The summed E-state index contributed by atoms with van der Waals surface area (Å²) >= 11 is 0. The van der Waals surface area contributed by atoms with Crippen molar-refractivity contribution in [3.8, 4) is 0 Å². The molecule has 2 amide bonds. The van der Waals surface area contributed by atoms with Crippen molar-refractivity contribution in [2.75, 3.05) is 36.4 Å². The van der Waals surface area contributed by atoms with Crippen molar-refractivity contribution in [2.45, 2.75) is 20.3 Å². The van der Waals surface area contributed by atoms with Gasteiger partial charge in [0.15, 0.2) is 0 Å². The fourth-order valence-corrected chi connectivity index (χ4v) is 4.03. The van der Waals surface area contributed by atoms with Gasteiger partial charge in [0.2, 0.25) is 11.8 Å². The number of piperazine rings is 1. The number of amides is 2. The summed E-state index contributed by atoms with van der Waals surface area (Å²) in [5.74, 6) is -1.35. The Balaban J connectivity index is 1.31. The van der Waals surface area contributed by atoms with E-state index in [0.29, 0.717) is 19.5 Å². The van der Waals surface area contributed by atoms with Crippen molar-refractivity contribution in [1.82, 2.24) is 4.90 Å². The zero-order valence-electron chi connectivity index (χ0n) is 16.8. The Bertz CT molecular complexity index is 937. The van der Waals surface area contributed by atoms with Crippen LogP contribution < -0.4 is 10.2 Å². The highest BCUT2D eigenvalue weighted by Crippen LogP contribution is 2.41. The number of hydrogen-bond acceptors (Lipinski definition) is 3. The molecule has 0 bridgehead atoms. The summed E-state index contributed by atoms with van der Waals surface area (Å²) in [6, 6.07) is 12.4. The first-order valence-electron chi connectivity index (χ1n) is 10.1. The predicted molar refractivity (Wildman–Crippen MR) is 111 cm³/mol. The van der Waals surface area contributed by atoms with E-state index in [4.69, 9.17) is 0 Å². The minimum atomic E-state index is -0.466. The standard InChI is InChI=1S/C23H26FN3O2/c1-15-6-5-9-21(16(15)2)26-10-12-27(13-11-26)23(29)18-14-17(18)22(28)25-20-8-4-3-7-19(20)24/h3-9,17-18H,10-14H2,1-2H3,(H,25,28). The van der Waals surface area contributed by atoms with E-state index >= 15 is 0 Å². The molecular formula is C23H26FN3O2. The first kappa shape index (κ1) is 19.4. The monoisotopic (exact) mass is 395 g/mol. The summed E-state index contributed by atoms with van der Waals surface area (Å²) in [6.07, 6.45) is 0.538. The minimum Gasteiger partial charge on any atom is -0.368 e. The molecule has 0 radical (unpaired) electrons. The molecule has 1 saturated heterocycles. The molecule has 1 saturated carbocycles. The van der Waals surface area contributed by atoms with E-state index in [1.165, 1.54) is 28.9 Å². The van der Waals surface area contributed by atoms with Crippen LogP contribution in [0.3, 0.4) is 0 Å². The van der Waals surface area contributed by atoms with Crippen molar-refractivity contribution in [2.24, 2.45) is 11.8 Å². The third kappa shape index (κ3) is 3.97. The normalized spacial score (nSPS) is 21.1. The van der Waals surface area contributed by atoms with Gasteiger partial charge in [0.25, 0.3) is 0 Å². The number of carbonyl (C=O) groups excluding carboxylic acids is 2. The topological polar surface area (TPSA) is 52.7 Å². The molecule has 2 fully saturated rings. The van der Waals surface area contributed by atoms with Crippen LogP contribution in [0.25, 0.3) is 0 Å². The van der Waals surface area contributed by atoms with E-state index in [-0.39, 0.29) is 29.3 Å². The van der Waals surface area contributed by atoms with Crippen LogP contribution in [0.15, 0.2) is 42.5 Å². The summed E-state index contributed by atoms with van der Waals surface area (Å²) in [5, 5.41) is 2.61. The number of aryl methyl sites for hydroxylation is 1. The van der Waals surface area contributed by atoms with Crippen molar-refractivity contribution in [1.29, 1.82) is 0 Å². The second-order valence-corrected chi connectivity index (χ2v) is 7.95. The molecule has 5 nitrogen and oxygen atoms in total. The van der Waals surface area contributed by atoms with Crippen molar-refractivity contribution >= 4 is 23.2 Å². The van der Waals surface area contributed by atoms with Gasteiger partial charge in [-0.25, -0.2) is 4.39 Å². The molecular weight excluding hydrogens is 369 g/mol. The van der Waals surface area contributed by atoms with E-state index in [1.54, 1.807) is 12.1 Å². The number of benzene rings is 2. The van der Waals surface area contributed by atoms with Crippen LogP contribution in [-0.2, 0) is 9.59 Å². The Labute approximate surface area is 170 Å². The number of anilines is 2. The molecule has 2 atom stereocenters. The highest BCUT2D eigenvalue weighted by atomic mass is 19.1. The van der Waals surface area contributed by atoms with Crippen molar-refractivity contribution in [3.05, 3.63) is 59.4 Å². The molecule has 2 aromatic carbocycles. The molecule has 2 unspecified atom stereocenters. The summed E-state index contributed by atoms with van der Waals surface area (Å²) < 4.78 is 13.7. The summed E-state index contributed by atoms with van der Waals surface area (Å²) in [6.45, 7) is 7.13. The number of nitrogens with one attached hydrogen (secondary N) is 1. The van der Waals surface area contributed by atoms with Crippen LogP contribution in [0.2, 0.25) is 0 Å². The molecule has 1 heterocycles. The lowest BCUT2D eigenvalue weighted by atomic mass is 10.1. The molecule has 0 aromatic heterocycles. The van der Waals surface area contributed by atoms with Gasteiger partial charge in [0.1, 0.15) is 5.82 Å². The number of rotatable bonds is 4. The zero-order chi connectivity index (χ0) is 20.5. The number of para-hydroxylation sites is 1. The van der Waals surface area contributed by atoms with Crippen LogP contribution in [-0.4, -0.2) is 42.9 Å². The van der Waals surface area contributed by atoms with Crippen LogP contribution in [0.5, 0.6) is 0 Å². The number of hydrogen-bond donors (Lipinski definition) is 1. The maximum Gasteiger partial charge on any atom is 0.228 e. The van der Waals surface area contributed by atoms with Gasteiger partial charge in [-0.15, -0.1) is 0 Å². The minimum absolute atomic E-state index is 0.0410. The maximum atomic E-state index is 13.7. The summed E-state index contributed by atoms with van der Waals surface area (Å²) in [5.41, 5.74) is 3.94. The first-order valence-corrected chi connectivity index (χ1v) is 10.1. The van der Waals surface area contributed by atoms with E-state index in [9.17, 15) is 14.0 Å².